The van der Waals surface area contributed by atoms with Gasteiger partial charge in [0, 0.05) is 11.4 Å². The zero-order valence-corrected chi connectivity index (χ0v) is 8.29. The van der Waals surface area contributed by atoms with E-state index in [-0.39, 0.29) is 12.2 Å². The Balaban J connectivity index is 2.55. The number of carboxylic acids is 1. The van der Waals surface area contributed by atoms with Gasteiger partial charge in [0.2, 0.25) is 0 Å². The quantitative estimate of drug-likeness (QED) is 0.810. The second kappa shape index (κ2) is 4.86. The Bertz CT molecular complexity index is 336. The van der Waals surface area contributed by atoms with Crippen LogP contribution >= 0.6 is 11.6 Å². The largest absolute Gasteiger partial charge is 0.508 e. The highest BCUT2D eigenvalue weighted by Gasteiger charge is 2.03. The number of aliphatic carboxylic acids is 1. The summed E-state index contributed by atoms with van der Waals surface area (Å²) in [5.41, 5.74) is 0.866. The van der Waals surface area contributed by atoms with E-state index in [9.17, 15) is 4.79 Å². The van der Waals surface area contributed by atoms with Crippen molar-refractivity contribution in [2.24, 2.45) is 0 Å². The van der Waals surface area contributed by atoms with Crippen LogP contribution in [0.4, 0.5) is 0 Å². The van der Waals surface area contributed by atoms with Crippen LogP contribution in [0.2, 0.25) is 5.02 Å². The van der Waals surface area contributed by atoms with Crippen LogP contribution in [0.15, 0.2) is 18.2 Å². The van der Waals surface area contributed by atoms with Crippen molar-refractivity contribution in [2.45, 2.75) is 19.3 Å². The summed E-state index contributed by atoms with van der Waals surface area (Å²) in [6, 6.07) is 4.71. The number of aromatic hydroxyl groups is 1. The van der Waals surface area contributed by atoms with E-state index in [1.54, 1.807) is 12.1 Å². The molecule has 1 rings (SSSR count). The van der Waals surface area contributed by atoms with Crippen LogP contribution in [0, 0.1) is 0 Å². The molecule has 3 nitrogen and oxygen atoms in total. The molecule has 4 heteroatoms. The second-order valence-corrected chi connectivity index (χ2v) is 3.43. The average molecular weight is 215 g/mol. The third-order valence-corrected chi connectivity index (χ3v) is 2.23. The van der Waals surface area contributed by atoms with Crippen LogP contribution in [0.5, 0.6) is 5.75 Å². The van der Waals surface area contributed by atoms with E-state index in [1.807, 2.05) is 0 Å². The Hall–Kier alpha value is -1.22. The van der Waals surface area contributed by atoms with Crippen molar-refractivity contribution in [1.82, 2.24) is 0 Å². The maximum absolute atomic E-state index is 10.3. The third-order valence-electron chi connectivity index (χ3n) is 1.87. The molecule has 1 aromatic rings. The summed E-state index contributed by atoms with van der Waals surface area (Å²) >= 11 is 5.84. The number of hydrogen-bond donors (Lipinski definition) is 2. The van der Waals surface area contributed by atoms with Gasteiger partial charge in [0.1, 0.15) is 5.75 Å². The summed E-state index contributed by atoms with van der Waals surface area (Å²) < 4.78 is 0. The molecule has 0 aliphatic heterocycles. The van der Waals surface area contributed by atoms with E-state index >= 15 is 0 Å². The lowest BCUT2D eigenvalue weighted by atomic mass is 10.1. The molecule has 0 spiro atoms. The van der Waals surface area contributed by atoms with E-state index in [0.717, 1.165) is 5.56 Å². The van der Waals surface area contributed by atoms with Gasteiger partial charge in [0.15, 0.2) is 0 Å². The second-order valence-electron chi connectivity index (χ2n) is 3.02. The number of aryl methyl sites for hydroxylation is 1. The molecule has 0 fully saturated rings. The van der Waals surface area contributed by atoms with Crippen LogP contribution in [-0.4, -0.2) is 16.2 Å². The molecule has 0 heterocycles. The van der Waals surface area contributed by atoms with Crippen LogP contribution < -0.4 is 0 Å². The highest BCUT2D eigenvalue weighted by Crippen LogP contribution is 2.22. The Labute approximate surface area is 86.9 Å². The van der Waals surface area contributed by atoms with Gasteiger partial charge in [-0.05, 0) is 30.5 Å². The molecule has 0 aliphatic carbocycles. The van der Waals surface area contributed by atoms with E-state index in [4.69, 9.17) is 21.8 Å². The molecule has 0 amide bonds. The van der Waals surface area contributed by atoms with Crippen molar-refractivity contribution >= 4 is 17.6 Å². The van der Waals surface area contributed by atoms with Crippen molar-refractivity contribution in [1.29, 1.82) is 0 Å². The first-order chi connectivity index (χ1) is 6.59. The summed E-state index contributed by atoms with van der Waals surface area (Å²) in [4.78, 5) is 10.3. The number of phenolic OH excluding ortho intramolecular Hbond substituents is 1. The highest BCUT2D eigenvalue weighted by molar-refractivity contribution is 6.31. The fourth-order valence-electron chi connectivity index (χ4n) is 1.17. The number of carbonyl (C=O) groups is 1. The highest BCUT2D eigenvalue weighted by atomic mass is 35.5. The predicted octanol–water partition coefficient (Wildman–Crippen LogP) is 2.45. The van der Waals surface area contributed by atoms with Crippen molar-refractivity contribution in [3.8, 4) is 5.75 Å². The molecule has 2 N–H and O–H groups in total. The molecule has 1 aromatic carbocycles. The molecule has 0 atom stereocenters. The van der Waals surface area contributed by atoms with E-state index in [2.05, 4.69) is 0 Å². The standard InChI is InChI=1S/C10H11ClO3/c11-9-6-8(12)5-4-7(9)2-1-3-10(13)14/h4-6,12H,1-3H2,(H,13,14). The lowest BCUT2D eigenvalue weighted by Gasteiger charge is -2.03. The van der Waals surface area contributed by atoms with Crippen molar-refractivity contribution in [3.63, 3.8) is 0 Å². The molecule has 0 saturated carbocycles. The van der Waals surface area contributed by atoms with Gasteiger partial charge in [-0.2, -0.15) is 0 Å². The first kappa shape index (κ1) is 10.9. The normalized spacial score (nSPS) is 10.1. The fourth-order valence-corrected chi connectivity index (χ4v) is 1.44. The molecule has 0 unspecified atom stereocenters. The number of hydrogen-bond acceptors (Lipinski definition) is 2. The van der Waals surface area contributed by atoms with Crippen molar-refractivity contribution < 1.29 is 15.0 Å². The fraction of sp³-hybridized carbons (Fsp3) is 0.300. The number of rotatable bonds is 4. The molecule has 0 aliphatic rings. The molecule has 0 radical (unpaired) electrons. The monoisotopic (exact) mass is 214 g/mol. The Morgan fingerprint density at radius 2 is 2.14 bits per heavy atom. The van der Waals surface area contributed by atoms with Crippen LogP contribution in [0.3, 0.4) is 0 Å². The van der Waals surface area contributed by atoms with E-state index in [1.165, 1.54) is 6.07 Å². The first-order valence-electron chi connectivity index (χ1n) is 4.29. The Morgan fingerprint density at radius 3 is 2.71 bits per heavy atom. The van der Waals surface area contributed by atoms with Gasteiger partial charge >= 0.3 is 5.97 Å². The van der Waals surface area contributed by atoms with Crippen molar-refractivity contribution in [2.75, 3.05) is 0 Å². The topological polar surface area (TPSA) is 57.5 Å². The number of halogens is 1. The molecule has 0 aromatic heterocycles. The van der Waals surface area contributed by atoms with Gasteiger partial charge in [0.25, 0.3) is 0 Å². The summed E-state index contributed by atoms with van der Waals surface area (Å²) in [5, 5.41) is 18.0. The summed E-state index contributed by atoms with van der Waals surface area (Å²) in [6.07, 6.45) is 1.31. The number of carboxylic acid groups (broad SMARTS) is 1. The van der Waals surface area contributed by atoms with Gasteiger partial charge < -0.3 is 10.2 Å². The molecular weight excluding hydrogens is 204 g/mol. The van der Waals surface area contributed by atoms with Gasteiger partial charge in [-0.3, -0.25) is 4.79 Å². The molecule has 76 valence electrons. The van der Waals surface area contributed by atoms with Crippen LogP contribution in [0.1, 0.15) is 18.4 Å². The number of benzene rings is 1. The predicted molar refractivity (Wildman–Crippen MR) is 53.7 cm³/mol. The van der Waals surface area contributed by atoms with Crippen LogP contribution in [-0.2, 0) is 11.2 Å². The van der Waals surface area contributed by atoms with Crippen molar-refractivity contribution in [3.05, 3.63) is 28.8 Å². The zero-order chi connectivity index (χ0) is 10.6. The maximum Gasteiger partial charge on any atom is 0.303 e. The average Bonchev–Trinajstić information content (AvgIpc) is 2.08. The SMILES string of the molecule is O=C(O)CCCc1ccc(O)cc1Cl. The molecule has 0 bridgehead atoms. The smallest absolute Gasteiger partial charge is 0.303 e. The summed E-state index contributed by atoms with van der Waals surface area (Å²) in [6.45, 7) is 0. The first-order valence-corrected chi connectivity index (χ1v) is 4.66. The van der Waals surface area contributed by atoms with Gasteiger partial charge in [0.05, 0.1) is 0 Å². The minimum Gasteiger partial charge on any atom is -0.508 e. The van der Waals surface area contributed by atoms with Gasteiger partial charge in [-0.25, -0.2) is 0 Å². The molecule has 14 heavy (non-hydrogen) atoms. The Kier molecular flexibility index (Phi) is 3.77. The minimum atomic E-state index is -0.806. The number of phenols is 1. The summed E-state index contributed by atoms with van der Waals surface area (Å²) in [7, 11) is 0. The molecule has 0 saturated heterocycles. The van der Waals surface area contributed by atoms with Crippen LogP contribution in [0.25, 0.3) is 0 Å². The lowest BCUT2D eigenvalue weighted by Crippen LogP contribution is -1.96. The third kappa shape index (κ3) is 3.26. The Morgan fingerprint density at radius 1 is 1.43 bits per heavy atom. The lowest BCUT2D eigenvalue weighted by molar-refractivity contribution is -0.137. The van der Waals surface area contributed by atoms with E-state index in [0.29, 0.717) is 17.9 Å². The van der Waals surface area contributed by atoms with Gasteiger partial charge in [-0.1, -0.05) is 17.7 Å². The van der Waals surface area contributed by atoms with Gasteiger partial charge in [-0.15, -0.1) is 0 Å². The maximum atomic E-state index is 10.3. The van der Waals surface area contributed by atoms with E-state index < -0.39 is 5.97 Å². The molecular formula is C10H11ClO3. The summed E-state index contributed by atoms with van der Waals surface area (Å²) in [5.74, 6) is -0.683. The zero-order valence-electron chi connectivity index (χ0n) is 7.53. The minimum absolute atomic E-state index is 0.122.